The third-order valence-electron chi connectivity index (χ3n) is 6.30. The van der Waals surface area contributed by atoms with Crippen molar-refractivity contribution in [1.82, 2.24) is 15.0 Å². The minimum absolute atomic E-state index is 0.0671. The first-order valence-corrected chi connectivity index (χ1v) is 14.8. The molecule has 0 bridgehead atoms. The van der Waals surface area contributed by atoms with E-state index in [9.17, 15) is 9.59 Å². The molecule has 4 rings (SSSR count). The number of rotatable bonds is 19. The first kappa shape index (κ1) is 34.1. The summed E-state index contributed by atoms with van der Waals surface area (Å²) in [5.41, 5.74) is 2.68. The summed E-state index contributed by atoms with van der Waals surface area (Å²) in [7, 11) is 0. The smallest absolute Gasteiger partial charge is 0.330 e. The molecule has 0 aliphatic rings. The molecule has 2 N–H and O–H groups in total. The monoisotopic (exact) mass is 640 g/mol. The first-order chi connectivity index (χ1) is 22.9. The van der Waals surface area contributed by atoms with Gasteiger partial charge in [-0.3, -0.25) is 0 Å². The van der Waals surface area contributed by atoms with Crippen LogP contribution in [0.5, 0.6) is 17.2 Å². The fourth-order valence-electron chi connectivity index (χ4n) is 4.10. The topological polar surface area (TPSA) is 151 Å². The highest BCUT2D eigenvalue weighted by Gasteiger charge is 2.11. The summed E-state index contributed by atoms with van der Waals surface area (Å²) in [6.45, 7) is 7.56. The average Bonchev–Trinajstić information content (AvgIpc) is 3.09. The second-order valence-electron chi connectivity index (χ2n) is 9.79. The van der Waals surface area contributed by atoms with Crippen LogP contribution in [0.1, 0.15) is 22.8 Å². The fourth-order valence-corrected chi connectivity index (χ4v) is 4.10. The van der Waals surface area contributed by atoms with E-state index < -0.39 is 11.9 Å². The van der Waals surface area contributed by atoms with Gasteiger partial charge in [-0.1, -0.05) is 37.4 Å². The first-order valence-electron chi connectivity index (χ1n) is 14.8. The molecule has 3 aromatic carbocycles. The molecule has 1 aromatic heterocycles. The molecule has 0 unspecified atom stereocenters. The Bertz CT molecular complexity index is 1520. The second-order valence-corrected chi connectivity index (χ2v) is 9.79. The van der Waals surface area contributed by atoms with Crippen molar-refractivity contribution in [3.63, 3.8) is 0 Å². The molecule has 0 saturated heterocycles. The van der Waals surface area contributed by atoms with Gasteiger partial charge in [0.2, 0.25) is 5.95 Å². The maximum atomic E-state index is 11.2. The van der Waals surface area contributed by atoms with Crippen LogP contribution in [0.4, 0.5) is 11.6 Å². The highest BCUT2D eigenvalue weighted by Crippen LogP contribution is 2.21. The van der Waals surface area contributed by atoms with E-state index in [-0.39, 0.29) is 39.6 Å². The fraction of sp³-hybridized carbons (Fsp3) is 0.229. The van der Waals surface area contributed by atoms with Crippen LogP contribution < -0.4 is 19.5 Å². The van der Waals surface area contributed by atoms with Crippen LogP contribution in [0.3, 0.4) is 0 Å². The highest BCUT2D eigenvalue weighted by molar-refractivity contribution is 5.81. The molecule has 0 aliphatic carbocycles. The number of aliphatic hydroxyl groups is 1. The molecular formula is C35H36N4O8. The number of ether oxygens (including phenoxy) is 5. The maximum absolute atomic E-state index is 11.2. The van der Waals surface area contributed by atoms with Crippen LogP contribution >= 0.6 is 0 Å². The molecule has 12 heteroatoms. The summed E-state index contributed by atoms with van der Waals surface area (Å²) >= 11 is 0. The normalized spacial score (nSPS) is 10.4. The molecule has 0 amide bonds. The Morgan fingerprint density at radius 2 is 1.04 bits per heavy atom. The highest BCUT2D eigenvalue weighted by atomic mass is 16.6. The summed E-state index contributed by atoms with van der Waals surface area (Å²) in [6.07, 6.45) is 3.10. The Kier molecular flexibility index (Phi) is 13.3. The zero-order valence-corrected chi connectivity index (χ0v) is 25.8. The summed E-state index contributed by atoms with van der Waals surface area (Å²) in [5.74, 6) is 2.45. The Hall–Kier alpha value is -5.75. The molecule has 0 saturated carbocycles. The van der Waals surface area contributed by atoms with Gasteiger partial charge in [0, 0.05) is 30.7 Å². The van der Waals surface area contributed by atoms with Crippen molar-refractivity contribution < 1.29 is 38.4 Å². The van der Waals surface area contributed by atoms with E-state index in [2.05, 4.69) is 28.4 Å². The molecule has 0 radical (unpaired) electrons. The van der Waals surface area contributed by atoms with Crippen molar-refractivity contribution in [1.29, 1.82) is 0 Å². The van der Waals surface area contributed by atoms with E-state index in [1.165, 1.54) is 0 Å². The van der Waals surface area contributed by atoms with Crippen LogP contribution in [0.15, 0.2) is 98.1 Å². The Balaban J connectivity index is 1.44. The summed E-state index contributed by atoms with van der Waals surface area (Å²) < 4.78 is 26.6. The van der Waals surface area contributed by atoms with Crippen LogP contribution in [0.25, 0.3) is 0 Å². The molecule has 0 atom stereocenters. The van der Waals surface area contributed by atoms with Gasteiger partial charge in [-0.2, -0.15) is 9.97 Å². The van der Waals surface area contributed by atoms with E-state index in [0.29, 0.717) is 47.7 Å². The van der Waals surface area contributed by atoms with Crippen LogP contribution in [0.2, 0.25) is 0 Å². The predicted molar refractivity (Wildman–Crippen MR) is 174 cm³/mol. The Morgan fingerprint density at radius 3 is 1.47 bits per heavy atom. The summed E-state index contributed by atoms with van der Waals surface area (Å²) in [4.78, 5) is 36.4. The van der Waals surface area contributed by atoms with Crippen molar-refractivity contribution in [2.75, 3.05) is 45.0 Å². The number of anilines is 2. The van der Waals surface area contributed by atoms with Gasteiger partial charge in [-0.25, -0.2) is 14.6 Å². The van der Waals surface area contributed by atoms with Crippen molar-refractivity contribution in [2.45, 2.75) is 12.8 Å². The number of nitrogens with one attached hydrogen (secondary N) is 1. The minimum Gasteiger partial charge on any atom is -0.491 e. The van der Waals surface area contributed by atoms with Crippen molar-refractivity contribution in [3.05, 3.63) is 121 Å². The lowest BCUT2D eigenvalue weighted by atomic mass is 10.1. The van der Waals surface area contributed by atoms with Gasteiger partial charge in [0.1, 0.15) is 61.9 Å². The van der Waals surface area contributed by atoms with Gasteiger partial charge in [0.05, 0.1) is 6.61 Å². The molecule has 0 fully saturated rings. The van der Waals surface area contributed by atoms with E-state index in [4.69, 9.17) is 33.8 Å². The molecule has 12 nitrogen and oxygen atoms in total. The lowest BCUT2D eigenvalue weighted by Crippen LogP contribution is -2.10. The van der Waals surface area contributed by atoms with E-state index >= 15 is 0 Å². The largest absolute Gasteiger partial charge is 0.491 e. The molecule has 0 aliphatic heterocycles. The van der Waals surface area contributed by atoms with Gasteiger partial charge < -0.3 is 34.1 Å². The van der Waals surface area contributed by atoms with E-state index in [0.717, 1.165) is 29.0 Å². The van der Waals surface area contributed by atoms with Crippen LogP contribution in [-0.4, -0.2) is 71.6 Å². The standard InChI is InChI=1S/C35H36N4O8/c1-3-33(41)46-21-19-44-28-11-5-25(6-12-28)23-31-37-32(24-26-7-13-29(14-8-26)45-20-22-47-34(42)4-2)39-35(38-31)36-27-9-15-30(16-10-27)43-18-17-40/h3-16,40H,1-2,17-24H2,(H,36,37,38,39). The number of aromatic nitrogens is 3. The second kappa shape index (κ2) is 18.3. The van der Waals surface area contributed by atoms with E-state index in [1.807, 2.05) is 60.7 Å². The van der Waals surface area contributed by atoms with Gasteiger partial charge in [-0.05, 0) is 59.7 Å². The lowest BCUT2D eigenvalue weighted by Gasteiger charge is -2.11. The quantitative estimate of drug-likeness (QED) is 0.0850. The number of hydrogen-bond acceptors (Lipinski definition) is 12. The third-order valence-corrected chi connectivity index (χ3v) is 6.30. The molecule has 0 spiro atoms. The molecule has 4 aromatic rings. The Labute approximate surface area is 272 Å². The summed E-state index contributed by atoms with van der Waals surface area (Å²) in [5, 5.41) is 12.2. The molecular weight excluding hydrogens is 604 g/mol. The molecule has 244 valence electrons. The number of benzene rings is 3. The van der Waals surface area contributed by atoms with Crippen molar-refractivity contribution in [2.24, 2.45) is 0 Å². The number of carbonyl (C=O) groups excluding carboxylic acids is 2. The van der Waals surface area contributed by atoms with Crippen molar-refractivity contribution >= 4 is 23.6 Å². The van der Waals surface area contributed by atoms with Gasteiger partial charge in [-0.15, -0.1) is 0 Å². The average molecular weight is 641 g/mol. The van der Waals surface area contributed by atoms with Gasteiger partial charge >= 0.3 is 11.9 Å². The number of carbonyl (C=O) groups is 2. The number of esters is 2. The van der Waals surface area contributed by atoms with Gasteiger partial charge in [0.15, 0.2) is 0 Å². The minimum atomic E-state index is -0.495. The van der Waals surface area contributed by atoms with Crippen molar-refractivity contribution in [3.8, 4) is 17.2 Å². The van der Waals surface area contributed by atoms with Gasteiger partial charge in [0.25, 0.3) is 0 Å². The molecule has 47 heavy (non-hydrogen) atoms. The SMILES string of the molecule is C=CC(=O)OCCOc1ccc(Cc2nc(Cc3ccc(OCCOC(=O)C=C)cc3)nc(Nc3ccc(OCCO)cc3)n2)cc1. The number of nitrogens with zero attached hydrogens (tertiary/aromatic N) is 3. The maximum Gasteiger partial charge on any atom is 0.330 e. The summed E-state index contributed by atoms with van der Waals surface area (Å²) in [6, 6.07) is 22.3. The molecule has 1 heterocycles. The van der Waals surface area contributed by atoms with E-state index in [1.54, 1.807) is 12.1 Å². The predicted octanol–water partition coefficient (Wildman–Crippen LogP) is 4.38. The number of aliphatic hydroxyl groups excluding tert-OH is 1. The number of hydrogen-bond donors (Lipinski definition) is 2. The lowest BCUT2D eigenvalue weighted by molar-refractivity contribution is -0.139. The zero-order chi connectivity index (χ0) is 33.3. The zero-order valence-electron chi connectivity index (χ0n) is 25.8. The van der Waals surface area contributed by atoms with Crippen LogP contribution in [-0.2, 0) is 31.9 Å². The Morgan fingerprint density at radius 1 is 0.617 bits per heavy atom. The third kappa shape index (κ3) is 11.9. The van der Waals surface area contributed by atoms with Crippen LogP contribution in [0, 0.1) is 0 Å².